The zero-order chi connectivity index (χ0) is 74.6. The van der Waals surface area contributed by atoms with Crippen molar-refractivity contribution >= 4 is 17.9 Å². The lowest BCUT2D eigenvalue weighted by Crippen LogP contribution is -2.44. The zero-order valence-electron chi connectivity index (χ0n) is 68.2. The number of carboxylic acids is 1. The average Bonchev–Trinajstić information content (AvgIpc) is 1.06. The molecule has 0 spiro atoms. The Kier molecular flexibility index (Phi) is 79.8. The number of rotatable bonds is 81. The van der Waals surface area contributed by atoms with E-state index in [0.717, 1.165) is 96.3 Å². The molecule has 0 aliphatic heterocycles. The summed E-state index contributed by atoms with van der Waals surface area (Å²) in [7, 11) is 5.95. The molecule has 0 heterocycles. The van der Waals surface area contributed by atoms with Gasteiger partial charge in [-0.15, -0.1) is 0 Å². The Morgan fingerprint density at radius 2 is 0.524 bits per heavy atom. The van der Waals surface area contributed by atoms with Crippen LogP contribution in [0.4, 0.5) is 0 Å². The lowest BCUT2D eigenvalue weighted by atomic mass is 10.0. The standard InChI is InChI=1S/C94H165NO8/c1-6-8-10-12-14-16-18-20-22-24-26-28-30-32-34-36-38-40-42-44-46-48-50-52-54-56-58-60-62-64-66-68-70-72-74-76-78-80-82-84-91(96)101-88-90(89-102-94(93(98)99)100-87-86-95(3,4)5)103-92(97)85-83-81-79-77-75-73-71-69-67-65-63-61-59-57-55-53-51-49-47-45-43-41-39-37-35-33-31-29-27-25-23-21-19-17-15-13-11-9-7-2/h8-11,14-17,20-23,26-29,32-35,90,94H,6-7,12-13,18-19,24-25,30-31,36-89H2,1-5H3/b10-8-,11-9-,16-14-,17-15-,22-20-,23-21-,28-26-,29-27-,34-32-,35-33-. The molecule has 103 heavy (non-hydrogen) atoms. The fourth-order valence-corrected chi connectivity index (χ4v) is 12.7. The van der Waals surface area contributed by atoms with E-state index in [1.54, 1.807) is 0 Å². The maximum atomic E-state index is 13.0. The topological polar surface area (TPSA) is 111 Å². The summed E-state index contributed by atoms with van der Waals surface area (Å²) in [6.45, 7) is 4.57. The summed E-state index contributed by atoms with van der Waals surface area (Å²) in [4.78, 5) is 37.7. The predicted molar refractivity (Wildman–Crippen MR) is 444 cm³/mol. The maximum absolute atomic E-state index is 13.0. The number of aliphatic carboxylic acids is 1. The van der Waals surface area contributed by atoms with Gasteiger partial charge in [-0.25, -0.2) is 0 Å². The van der Waals surface area contributed by atoms with E-state index >= 15 is 0 Å². The quantitative estimate of drug-likeness (QED) is 0.0195. The van der Waals surface area contributed by atoms with Crippen LogP contribution in [0.2, 0.25) is 0 Å². The first-order valence-electron chi connectivity index (χ1n) is 43.7. The van der Waals surface area contributed by atoms with Crippen molar-refractivity contribution in [3.05, 3.63) is 122 Å². The molecule has 0 aliphatic carbocycles. The highest BCUT2D eigenvalue weighted by atomic mass is 16.7. The number of hydrogen-bond donors (Lipinski definition) is 0. The van der Waals surface area contributed by atoms with Gasteiger partial charge in [-0.2, -0.15) is 0 Å². The number of likely N-dealkylation sites (N-methyl/N-ethyl adjacent to an activating group) is 1. The normalized spacial score (nSPS) is 13.2. The van der Waals surface area contributed by atoms with Crippen LogP contribution in [0, 0.1) is 0 Å². The van der Waals surface area contributed by atoms with E-state index in [-0.39, 0.29) is 32.2 Å². The van der Waals surface area contributed by atoms with Gasteiger partial charge in [0.05, 0.1) is 40.3 Å². The van der Waals surface area contributed by atoms with Gasteiger partial charge >= 0.3 is 11.9 Å². The van der Waals surface area contributed by atoms with Crippen LogP contribution in [0.1, 0.15) is 399 Å². The van der Waals surface area contributed by atoms with Crippen molar-refractivity contribution in [1.82, 2.24) is 0 Å². The second-order valence-corrected chi connectivity index (χ2v) is 30.4. The van der Waals surface area contributed by atoms with E-state index in [9.17, 15) is 19.5 Å². The van der Waals surface area contributed by atoms with Gasteiger partial charge in [0, 0.05) is 12.8 Å². The van der Waals surface area contributed by atoms with Crippen LogP contribution in [0.5, 0.6) is 0 Å². The molecular weight excluding hydrogens is 1270 g/mol. The summed E-state index contributed by atoms with van der Waals surface area (Å²) in [6.07, 6.45) is 116. The summed E-state index contributed by atoms with van der Waals surface area (Å²) >= 11 is 0. The Balaban J connectivity index is 3.93. The summed E-state index contributed by atoms with van der Waals surface area (Å²) in [5.41, 5.74) is 0. The van der Waals surface area contributed by atoms with Gasteiger partial charge in [-0.05, 0) is 103 Å². The highest BCUT2D eigenvalue weighted by molar-refractivity contribution is 5.70. The van der Waals surface area contributed by atoms with Crippen LogP contribution in [0.25, 0.3) is 0 Å². The fourth-order valence-electron chi connectivity index (χ4n) is 12.7. The highest BCUT2D eigenvalue weighted by Gasteiger charge is 2.22. The number of hydrogen-bond acceptors (Lipinski definition) is 8. The smallest absolute Gasteiger partial charge is 0.306 e. The number of unbranched alkanes of at least 4 members (excludes halogenated alkanes) is 46. The van der Waals surface area contributed by atoms with E-state index in [0.29, 0.717) is 23.9 Å². The molecule has 0 N–H and O–H groups in total. The Morgan fingerprint density at radius 1 is 0.291 bits per heavy atom. The molecule has 0 fully saturated rings. The van der Waals surface area contributed by atoms with Crippen LogP contribution in [-0.2, 0) is 33.3 Å². The molecule has 0 radical (unpaired) electrons. The van der Waals surface area contributed by atoms with E-state index in [1.807, 2.05) is 21.1 Å². The van der Waals surface area contributed by atoms with Crippen molar-refractivity contribution in [3.8, 4) is 0 Å². The minimum absolute atomic E-state index is 0.148. The second-order valence-electron chi connectivity index (χ2n) is 30.4. The number of allylic oxidation sites excluding steroid dienone is 20. The zero-order valence-corrected chi connectivity index (χ0v) is 68.2. The number of nitrogens with zero attached hydrogens (tertiary/aromatic N) is 1. The van der Waals surface area contributed by atoms with Gasteiger partial charge in [0.15, 0.2) is 12.4 Å². The highest BCUT2D eigenvalue weighted by Crippen LogP contribution is 2.20. The predicted octanol–water partition coefficient (Wildman–Crippen LogP) is 27.3. The molecule has 0 aromatic carbocycles. The van der Waals surface area contributed by atoms with Gasteiger partial charge in [0.1, 0.15) is 13.2 Å². The van der Waals surface area contributed by atoms with Crippen molar-refractivity contribution in [1.29, 1.82) is 0 Å². The number of carbonyl (C=O) groups excluding carboxylic acids is 3. The largest absolute Gasteiger partial charge is 0.545 e. The summed E-state index contributed by atoms with van der Waals surface area (Å²) in [5, 5.41) is 11.9. The monoisotopic (exact) mass is 1440 g/mol. The van der Waals surface area contributed by atoms with Crippen molar-refractivity contribution < 1.29 is 42.9 Å². The lowest BCUT2D eigenvalue weighted by molar-refractivity contribution is -0.870. The lowest BCUT2D eigenvalue weighted by Gasteiger charge is -2.26. The first-order valence-corrected chi connectivity index (χ1v) is 43.7. The van der Waals surface area contributed by atoms with Crippen molar-refractivity contribution in [3.63, 3.8) is 0 Å². The molecule has 9 heteroatoms. The summed E-state index contributed by atoms with van der Waals surface area (Å²) in [5.74, 6) is -2.26. The maximum Gasteiger partial charge on any atom is 0.306 e. The van der Waals surface area contributed by atoms with E-state index in [1.165, 1.54) is 270 Å². The number of esters is 2. The molecule has 2 atom stereocenters. The van der Waals surface area contributed by atoms with E-state index in [2.05, 4.69) is 135 Å². The molecule has 0 aromatic rings. The van der Waals surface area contributed by atoms with Crippen LogP contribution in [0.3, 0.4) is 0 Å². The molecule has 0 aromatic heterocycles. The van der Waals surface area contributed by atoms with Gasteiger partial charge in [0.2, 0.25) is 0 Å². The molecule has 0 bridgehead atoms. The minimum atomic E-state index is -1.62. The molecule has 0 aliphatic rings. The molecule has 0 saturated heterocycles. The van der Waals surface area contributed by atoms with Crippen molar-refractivity contribution in [2.24, 2.45) is 0 Å². The Bertz CT molecular complexity index is 2120. The first-order chi connectivity index (χ1) is 50.6. The molecule has 0 amide bonds. The number of carbonyl (C=O) groups is 3. The summed E-state index contributed by atoms with van der Waals surface area (Å²) < 4.78 is 22.9. The molecule has 0 rings (SSSR count). The fraction of sp³-hybridized carbons (Fsp3) is 0.755. The third kappa shape index (κ3) is 84.8. The van der Waals surface area contributed by atoms with Crippen LogP contribution in [-0.4, -0.2) is 82.3 Å². The molecular formula is C94H165NO8. The number of ether oxygens (including phenoxy) is 4. The van der Waals surface area contributed by atoms with E-state index < -0.39 is 24.3 Å². The van der Waals surface area contributed by atoms with Crippen LogP contribution >= 0.6 is 0 Å². The molecule has 2 unspecified atom stereocenters. The van der Waals surface area contributed by atoms with Gasteiger partial charge in [0.25, 0.3) is 0 Å². The number of carboxylic acid groups (broad SMARTS) is 1. The Labute approximate surface area is 637 Å². The van der Waals surface area contributed by atoms with Crippen LogP contribution in [0.15, 0.2) is 122 Å². The van der Waals surface area contributed by atoms with Gasteiger partial charge in [-0.3, -0.25) is 9.59 Å². The third-order valence-electron chi connectivity index (χ3n) is 19.2. The third-order valence-corrected chi connectivity index (χ3v) is 19.2. The first kappa shape index (κ1) is 98.7. The minimum Gasteiger partial charge on any atom is -0.545 e. The summed E-state index contributed by atoms with van der Waals surface area (Å²) in [6, 6.07) is 0. The number of quaternary nitrogens is 1. The van der Waals surface area contributed by atoms with Gasteiger partial charge < -0.3 is 33.3 Å². The Hall–Kier alpha value is -4.31. The van der Waals surface area contributed by atoms with Crippen LogP contribution < -0.4 is 5.11 Å². The van der Waals surface area contributed by atoms with Gasteiger partial charge in [-0.1, -0.05) is 405 Å². The van der Waals surface area contributed by atoms with Crippen molar-refractivity contribution in [2.75, 3.05) is 47.5 Å². The molecule has 594 valence electrons. The average molecular weight is 1440 g/mol. The van der Waals surface area contributed by atoms with Crippen molar-refractivity contribution in [2.45, 2.75) is 411 Å². The second kappa shape index (κ2) is 83.3. The SMILES string of the molecule is CC/C=C\C/C=C\C/C=C\C/C=C\C/C=C\CCCCCCCCCCCCCCCCCCCCCCCCCC(=O)OCC(COC(OCC[N+](C)(C)C)C(=O)[O-])OC(=O)CCCCCCCCCCCCCCCCCCCCCCCCC/C=C\C/C=C\C/C=C\C/C=C\C/C=C\CC. The van der Waals surface area contributed by atoms with E-state index in [4.69, 9.17) is 18.9 Å². The molecule has 0 saturated carbocycles. The molecule has 9 nitrogen and oxygen atoms in total. The Morgan fingerprint density at radius 3 is 0.777 bits per heavy atom.